The van der Waals surface area contributed by atoms with Gasteiger partial charge >= 0.3 is 0 Å². The second-order valence-electron chi connectivity index (χ2n) is 5.77. The number of aliphatic hydroxyl groups is 1. The number of hydrogen-bond acceptors (Lipinski definition) is 2. The molecule has 0 bridgehead atoms. The van der Waals surface area contributed by atoms with Crippen LogP contribution in [-0.2, 0) is 0 Å². The number of aliphatic hydroxyl groups excluding tert-OH is 1. The van der Waals surface area contributed by atoms with Crippen molar-refractivity contribution < 1.29 is 5.11 Å². The van der Waals surface area contributed by atoms with Gasteiger partial charge in [-0.2, -0.15) is 0 Å². The van der Waals surface area contributed by atoms with Gasteiger partial charge < -0.3 is 5.11 Å². The molecule has 0 spiro atoms. The average Bonchev–Trinajstić information content (AvgIpc) is 1.96. The second kappa shape index (κ2) is 5.13. The Balaban J connectivity index is 4.31. The standard InChI is InChI=1S/C12H27NO/c1-9(2)13(10(3)4)8-11(14)12(5,6)7/h9-11,14H,8H2,1-7H3. The van der Waals surface area contributed by atoms with E-state index < -0.39 is 0 Å². The molecule has 2 heteroatoms. The quantitative estimate of drug-likeness (QED) is 0.755. The van der Waals surface area contributed by atoms with E-state index in [1.165, 1.54) is 0 Å². The summed E-state index contributed by atoms with van der Waals surface area (Å²) in [7, 11) is 0. The highest BCUT2D eigenvalue weighted by Crippen LogP contribution is 2.21. The van der Waals surface area contributed by atoms with Gasteiger partial charge in [-0.1, -0.05) is 20.8 Å². The highest BCUT2D eigenvalue weighted by atomic mass is 16.3. The van der Waals surface area contributed by atoms with Crippen LogP contribution in [0.5, 0.6) is 0 Å². The van der Waals surface area contributed by atoms with Crippen molar-refractivity contribution in [2.45, 2.75) is 66.7 Å². The summed E-state index contributed by atoms with van der Waals surface area (Å²) in [5, 5.41) is 10.0. The summed E-state index contributed by atoms with van der Waals surface area (Å²) in [5.41, 5.74) is -0.0258. The zero-order valence-electron chi connectivity index (χ0n) is 10.8. The molecule has 1 N–H and O–H groups in total. The molecule has 0 rings (SSSR count). The Kier molecular flexibility index (Phi) is 5.10. The predicted octanol–water partition coefficient (Wildman–Crippen LogP) is 2.51. The fraction of sp³-hybridized carbons (Fsp3) is 1.00. The SMILES string of the molecule is CC(C)N(CC(O)C(C)(C)C)C(C)C. The van der Waals surface area contributed by atoms with Crippen LogP contribution in [0, 0.1) is 5.41 Å². The molecule has 0 saturated heterocycles. The van der Waals surface area contributed by atoms with E-state index in [0.717, 1.165) is 6.54 Å². The lowest BCUT2D eigenvalue weighted by Crippen LogP contribution is -2.45. The minimum absolute atomic E-state index is 0.0258. The van der Waals surface area contributed by atoms with E-state index in [0.29, 0.717) is 12.1 Å². The third kappa shape index (κ3) is 4.43. The van der Waals surface area contributed by atoms with Gasteiger partial charge in [-0.05, 0) is 33.1 Å². The van der Waals surface area contributed by atoms with Crippen molar-refractivity contribution in [2.75, 3.05) is 6.54 Å². The molecule has 0 aliphatic heterocycles. The second-order valence-corrected chi connectivity index (χ2v) is 5.77. The molecule has 0 fully saturated rings. The van der Waals surface area contributed by atoms with E-state index in [4.69, 9.17) is 0 Å². The van der Waals surface area contributed by atoms with Crippen molar-refractivity contribution in [1.82, 2.24) is 4.90 Å². The van der Waals surface area contributed by atoms with E-state index in [1.54, 1.807) is 0 Å². The zero-order chi connectivity index (χ0) is 11.5. The third-order valence-electron chi connectivity index (χ3n) is 2.71. The summed E-state index contributed by atoms with van der Waals surface area (Å²) in [6, 6.07) is 0.985. The first-order valence-electron chi connectivity index (χ1n) is 5.60. The van der Waals surface area contributed by atoms with E-state index in [2.05, 4.69) is 53.4 Å². The van der Waals surface area contributed by atoms with Crippen molar-refractivity contribution in [3.63, 3.8) is 0 Å². The molecule has 2 nitrogen and oxygen atoms in total. The summed E-state index contributed by atoms with van der Waals surface area (Å²) in [5.74, 6) is 0. The largest absolute Gasteiger partial charge is 0.391 e. The maximum Gasteiger partial charge on any atom is 0.0715 e. The van der Waals surface area contributed by atoms with Gasteiger partial charge in [0.1, 0.15) is 0 Å². The van der Waals surface area contributed by atoms with E-state index in [1.807, 2.05) is 0 Å². The maximum absolute atomic E-state index is 10.0. The fourth-order valence-electron chi connectivity index (χ4n) is 1.49. The van der Waals surface area contributed by atoms with E-state index >= 15 is 0 Å². The molecule has 14 heavy (non-hydrogen) atoms. The molecule has 0 aromatic heterocycles. The van der Waals surface area contributed by atoms with Crippen LogP contribution in [0.4, 0.5) is 0 Å². The minimum Gasteiger partial charge on any atom is -0.391 e. The molecular formula is C12H27NO. The average molecular weight is 201 g/mol. The molecule has 1 unspecified atom stereocenters. The van der Waals surface area contributed by atoms with E-state index in [9.17, 15) is 5.11 Å². The van der Waals surface area contributed by atoms with Crippen molar-refractivity contribution >= 4 is 0 Å². The van der Waals surface area contributed by atoms with Crippen LogP contribution < -0.4 is 0 Å². The molecule has 0 heterocycles. The third-order valence-corrected chi connectivity index (χ3v) is 2.71. The van der Waals surface area contributed by atoms with Gasteiger partial charge in [0.05, 0.1) is 6.10 Å². The first kappa shape index (κ1) is 13.9. The van der Waals surface area contributed by atoms with Crippen LogP contribution in [0.25, 0.3) is 0 Å². The highest BCUT2D eigenvalue weighted by molar-refractivity contribution is 4.79. The van der Waals surface area contributed by atoms with Gasteiger partial charge in [0, 0.05) is 18.6 Å². The lowest BCUT2D eigenvalue weighted by molar-refractivity contribution is 0.00962. The monoisotopic (exact) mass is 201 g/mol. The normalized spacial score (nSPS) is 15.6. The topological polar surface area (TPSA) is 23.5 Å². The van der Waals surface area contributed by atoms with Crippen LogP contribution in [0.3, 0.4) is 0 Å². The zero-order valence-corrected chi connectivity index (χ0v) is 10.8. The maximum atomic E-state index is 10.0. The lowest BCUT2D eigenvalue weighted by Gasteiger charge is -2.36. The first-order chi connectivity index (χ1) is 6.16. The van der Waals surface area contributed by atoms with Crippen LogP contribution in [0.15, 0.2) is 0 Å². The van der Waals surface area contributed by atoms with Crippen LogP contribution >= 0.6 is 0 Å². The molecular weight excluding hydrogens is 174 g/mol. The van der Waals surface area contributed by atoms with Gasteiger partial charge in [0.15, 0.2) is 0 Å². The number of nitrogens with zero attached hydrogens (tertiary/aromatic N) is 1. The molecule has 0 saturated carbocycles. The molecule has 0 amide bonds. The van der Waals surface area contributed by atoms with Crippen molar-refractivity contribution in [3.8, 4) is 0 Å². The summed E-state index contributed by atoms with van der Waals surface area (Å²) in [4.78, 5) is 2.33. The smallest absolute Gasteiger partial charge is 0.0715 e. The van der Waals surface area contributed by atoms with Crippen LogP contribution in [-0.4, -0.2) is 34.7 Å². The van der Waals surface area contributed by atoms with Crippen molar-refractivity contribution in [1.29, 1.82) is 0 Å². The summed E-state index contributed by atoms with van der Waals surface area (Å²) in [6.07, 6.45) is -0.257. The predicted molar refractivity (Wildman–Crippen MR) is 62.4 cm³/mol. The number of hydrogen-bond donors (Lipinski definition) is 1. The summed E-state index contributed by atoms with van der Waals surface area (Å²) < 4.78 is 0. The molecule has 0 aliphatic rings. The minimum atomic E-state index is -0.257. The van der Waals surface area contributed by atoms with Crippen LogP contribution in [0.2, 0.25) is 0 Å². The Bertz CT molecular complexity index is 150. The molecule has 0 radical (unpaired) electrons. The Morgan fingerprint density at radius 2 is 1.36 bits per heavy atom. The molecule has 0 aromatic carbocycles. The Morgan fingerprint density at radius 1 is 1.00 bits per heavy atom. The van der Waals surface area contributed by atoms with Crippen LogP contribution in [0.1, 0.15) is 48.5 Å². The molecule has 0 aromatic rings. The van der Waals surface area contributed by atoms with Gasteiger partial charge in [-0.25, -0.2) is 0 Å². The molecule has 86 valence electrons. The highest BCUT2D eigenvalue weighted by Gasteiger charge is 2.26. The molecule has 0 aliphatic carbocycles. The number of rotatable bonds is 4. The lowest BCUT2D eigenvalue weighted by atomic mass is 9.88. The first-order valence-corrected chi connectivity index (χ1v) is 5.60. The summed E-state index contributed by atoms with van der Waals surface area (Å²) >= 11 is 0. The summed E-state index contributed by atoms with van der Waals surface area (Å²) in [6.45, 7) is 15.7. The van der Waals surface area contributed by atoms with Gasteiger partial charge in [0.2, 0.25) is 0 Å². The Morgan fingerprint density at radius 3 is 1.57 bits per heavy atom. The Labute approximate surface area is 89.3 Å². The van der Waals surface area contributed by atoms with E-state index in [-0.39, 0.29) is 11.5 Å². The van der Waals surface area contributed by atoms with Gasteiger partial charge in [-0.15, -0.1) is 0 Å². The van der Waals surface area contributed by atoms with Gasteiger partial charge in [-0.3, -0.25) is 4.90 Å². The van der Waals surface area contributed by atoms with Gasteiger partial charge in [0.25, 0.3) is 0 Å². The Hall–Kier alpha value is -0.0800. The molecule has 1 atom stereocenters. The van der Waals surface area contributed by atoms with Crippen molar-refractivity contribution in [2.24, 2.45) is 5.41 Å². The van der Waals surface area contributed by atoms with Crippen molar-refractivity contribution in [3.05, 3.63) is 0 Å². The fourth-order valence-corrected chi connectivity index (χ4v) is 1.49.